The molecule has 0 unspecified atom stereocenters. The van der Waals surface area contributed by atoms with Gasteiger partial charge in [-0.25, -0.2) is 8.42 Å². The van der Waals surface area contributed by atoms with Crippen molar-refractivity contribution in [2.24, 2.45) is 5.92 Å². The van der Waals surface area contributed by atoms with Gasteiger partial charge in [0.15, 0.2) is 5.76 Å². The predicted molar refractivity (Wildman–Crippen MR) is 106 cm³/mol. The Balaban J connectivity index is 0.00000103. The molecule has 0 aromatic carbocycles. The van der Waals surface area contributed by atoms with E-state index in [2.05, 4.69) is 15.8 Å². The Morgan fingerprint density at radius 3 is 2.47 bits per heavy atom. The second-order valence-electron chi connectivity index (χ2n) is 7.30. The Morgan fingerprint density at radius 2 is 1.93 bits per heavy atom. The first-order chi connectivity index (χ1) is 13.9. The first-order valence-electron chi connectivity index (χ1n) is 9.42. The summed E-state index contributed by atoms with van der Waals surface area (Å²) < 4.78 is 27.3. The minimum Gasteiger partial charge on any atom is -0.481 e. The molecule has 2 rings (SSSR count). The summed E-state index contributed by atoms with van der Waals surface area (Å²) in [6, 6.07) is 1.16. The van der Waals surface area contributed by atoms with Crippen molar-refractivity contribution in [2.45, 2.75) is 58.2 Å². The average molecular weight is 448 g/mol. The van der Waals surface area contributed by atoms with E-state index in [9.17, 15) is 23.1 Å². The van der Waals surface area contributed by atoms with Crippen LogP contribution in [0.5, 0.6) is 0 Å². The molecule has 170 valence electrons. The topological polar surface area (TPSA) is 176 Å². The van der Waals surface area contributed by atoms with Crippen molar-refractivity contribution in [3.8, 4) is 0 Å². The lowest BCUT2D eigenvalue weighted by molar-refractivity contribution is -0.134. The zero-order chi connectivity index (χ0) is 22.9. The molecule has 12 heteroatoms. The Labute approximate surface area is 175 Å². The smallest absolute Gasteiger partial charge is 0.300 e. The van der Waals surface area contributed by atoms with Gasteiger partial charge in [-0.15, -0.1) is 0 Å². The predicted octanol–water partition coefficient (Wildman–Crippen LogP) is -0.229. The van der Waals surface area contributed by atoms with E-state index in [-0.39, 0.29) is 30.5 Å². The van der Waals surface area contributed by atoms with Crippen molar-refractivity contribution in [3.05, 3.63) is 17.5 Å². The van der Waals surface area contributed by atoms with Crippen LogP contribution in [-0.4, -0.2) is 65.7 Å². The Morgan fingerprint density at radius 1 is 1.30 bits per heavy atom. The molecule has 4 N–H and O–H groups in total. The van der Waals surface area contributed by atoms with Gasteiger partial charge in [-0.3, -0.25) is 14.4 Å². The van der Waals surface area contributed by atoms with Crippen LogP contribution in [-0.2, 0) is 30.8 Å². The van der Waals surface area contributed by atoms with Gasteiger partial charge in [0, 0.05) is 31.6 Å². The number of aliphatic hydroxyl groups excluding tert-OH is 1. The van der Waals surface area contributed by atoms with Gasteiger partial charge < -0.3 is 25.4 Å². The summed E-state index contributed by atoms with van der Waals surface area (Å²) in [5.74, 6) is -1.50. The molecule has 1 aromatic rings. The highest BCUT2D eigenvalue weighted by molar-refractivity contribution is 7.90. The number of hydrogen-bond acceptors (Lipinski definition) is 8. The number of amides is 2. The third-order valence-electron chi connectivity index (χ3n) is 4.34. The fraction of sp³-hybridized carbons (Fsp3) is 0.667. The van der Waals surface area contributed by atoms with E-state index in [4.69, 9.17) is 14.4 Å². The molecule has 1 heterocycles. The summed E-state index contributed by atoms with van der Waals surface area (Å²) in [6.45, 7) is 3.10. The van der Waals surface area contributed by atoms with Crippen LogP contribution in [0.1, 0.15) is 44.1 Å². The number of rotatable bonds is 7. The lowest BCUT2D eigenvalue weighted by atomic mass is 9.83. The molecule has 0 aliphatic heterocycles. The lowest BCUT2D eigenvalue weighted by Crippen LogP contribution is -2.49. The van der Waals surface area contributed by atoms with Crippen molar-refractivity contribution in [1.29, 1.82) is 0 Å². The fourth-order valence-corrected chi connectivity index (χ4v) is 3.48. The molecular formula is C18H29N3O8S. The van der Waals surface area contributed by atoms with Crippen molar-refractivity contribution < 1.29 is 37.5 Å². The van der Waals surface area contributed by atoms with E-state index in [0.717, 1.165) is 18.9 Å². The van der Waals surface area contributed by atoms with E-state index in [0.29, 0.717) is 25.0 Å². The molecule has 1 aromatic heterocycles. The summed E-state index contributed by atoms with van der Waals surface area (Å²) in [5.41, 5.74) is 0.729. The molecule has 11 nitrogen and oxygen atoms in total. The van der Waals surface area contributed by atoms with Crippen molar-refractivity contribution in [2.75, 3.05) is 12.0 Å². The highest BCUT2D eigenvalue weighted by Crippen LogP contribution is 2.25. The van der Waals surface area contributed by atoms with Gasteiger partial charge in [-0.05, 0) is 26.2 Å². The minimum atomic E-state index is -3.23. The zero-order valence-corrected chi connectivity index (χ0v) is 18.1. The van der Waals surface area contributed by atoms with Crippen LogP contribution in [0.3, 0.4) is 0 Å². The minimum absolute atomic E-state index is 0.163. The number of nitrogens with zero attached hydrogens (tertiary/aromatic N) is 1. The highest BCUT2D eigenvalue weighted by Gasteiger charge is 2.33. The van der Waals surface area contributed by atoms with Crippen LogP contribution in [0.2, 0.25) is 0 Å². The SMILES string of the molecule is CC(=O)O.Cc1cc(CNC(=O)[C@H]2CC[C@@H](O)[C@H](NC(=O)CCS(C)(=O)=O)C2)on1. The molecule has 3 atom stereocenters. The van der Waals surface area contributed by atoms with Gasteiger partial charge in [0.05, 0.1) is 30.1 Å². The van der Waals surface area contributed by atoms with Gasteiger partial charge in [0.2, 0.25) is 11.8 Å². The standard InChI is InChI=1S/C16H25N3O6S.C2H4O2/c1-10-7-12(25-19-10)9-17-16(22)11-3-4-14(20)13(8-11)18-15(21)5-6-26(2,23)24;1-2(3)4/h7,11,13-14,20H,3-6,8-9H2,1-2H3,(H,17,22)(H,18,21);1H3,(H,3,4)/t11-,13+,14+;/m0./s1. The van der Waals surface area contributed by atoms with Crippen LogP contribution >= 0.6 is 0 Å². The van der Waals surface area contributed by atoms with E-state index < -0.39 is 33.9 Å². The second kappa shape index (κ2) is 11.6. The number of aliphatic carboxylic acids is 1. The maximum atomic E-state index is 12.3. The van der Waals surface area contributed by atoms with Crippen LogP contribution in [0.15, 0.2) is 10.6 Å². The highest BCUT2D eigenvalue weighted by atomic mass is 32.2. The molecule has 30 heavy (non-hydrogen) atoms. The monoisotopic (exact) mass is 447 g/mol. The van der Waals surface area contributed by atoms with Crippen molar-refractivity contribution >= 4 is 27.6 Å². The number of carboxylic acids is 1. The quantitative estimate of drug-likeness (QED) is 0.440. The fourth-order valence-electron chi connectivity index (χ4n) is 2.92. The number of aliphatic hydroxyl groups is 1. The molecule has 0 radical (unpaired) electrons. The van der Waals surface area contributed by atoms with Gasteiger partial charge >= 0.3 is 0 Å². The van der Waals surface area contributed by atoms with Gasteiger partial charge in [-0.1, -0.05) is 5.16 Å². The molecule has 0 bridgehead atoms. The maximum absolute atomic E-state index is 12.3. The first kappa shape index (κ1) is 25.6. The summed E-state index contributed by atoms with van der Waals surface area (Å²) in [4.78, 5) is 33.2. The summed E-state index contributed by atoms with van der Waals surface area (Å²) in [7, 11) is -3.23. The molecular weight excluding hydrogens is 418 g/mol. The lowest BCUT2D eigenvalue weighted by Gasteiger charge is -2.33. The van der Waals surface area contributed by atoms with Gasteiger partial charge in [0.1, 0.15) is 9.84 Å². The van der Waals surface area contributed by atoms with Crippen LogP contribution in [0.4, 0.5) is 0 Å². The van der Waals surface area contributed by atoms with Crippen LogP contribution in [0, 0.1) is 12.8 Å². The van der Waals surface area contributed by atoms with Gasteiger partial charge in [-0.2, -0.15) is 0 Å². The molecule has 2 amide bonds. The zero-order valence-electron chi connectivity index (χ0n) is 17.3. The number of nitrogens with one attached hydrogen (secondary N) is 2. The molecule has 1 fully saturated rings. The molecule has 0 saturated heterocycles. The number of sulfone groups is 1. The normalized spacial score (nSPS) is 21.1. The summed E-state index contributed by atoms with van der Waals surface area (Å²) in [6.07, 6.45) is 1.34. The van der Waals surface area contributed by atoms with E-state index in [1.165, 1.54) is 0 Å². The molecule has 1 saturated carbocycles. The third-order valence-corrected chi connectivity index (χ3v) is 5.29. The first-order valence-corrected chi connectivity index (χ1v) is 11.5. The summed E-state index contributed by atoms with van der Waals surface area (Å²) >= 11 is 0. The maximum Gasteiger partial charge on any atom is 0.300 e. The average Bonchev–Trinajstić information content (AvgIpc) is 3.04. The largest absolute Gasteiger partial charge is 0.481 e. The number of hydrogen-bond donors (Lipinski definition) is 4. The third kappa shape index (κ3) is 10.3. The van der Waals surface area contributed by atoms with Crippen molar-refractivity contribution in [1.82, 2.24) is 15.8 Å². The second-order valence-corrected chi connectivity index (χ2v) is 9.56. The Kier molecular flexibility index (Phi) is 9.93. The number of aryl methyl sites for hydroxylation is 1. The number of aromatic nitrogens is 1. The van der Waals surface area contributed by atoms with Gasteiger partial charge in [0.25, 0.3) is 5.97 Å². The summed E-state index contributed by atoms with van der Waals surface area (Å²) in [5, 5.41) is 26.6. The molecule has 1 aliphatic rings. The Bertz CT molecular complexity index is 832. The molecule has 0 spiro atoms. The number of carboxylic acid groups (broad SMARTS) is 1. The van der Waals surface area contributed by atoms with Crippen molar-refractivity contribution in [3.63, 3.8) is 0 Å². The van der Waals surface area contributed by atoms with E-state index >= 15 is 0 Å². The molecule has 1 aliphatic carbocycles. The number of carbonyl (C=O) groups is 3. The van der Waals surface area contributed by atoms with Crippen LogP contribution in [0.25, 0.3) is 0 Å². The number of carbonyl (C=O) groups excluding carboxylic acids is 2. The van der Waals surface area contributed by atoms with E-state index in [1.54, 1.807) is 13.0 Å². The Hall–Kier alpha value is -2.47. The van der Waals surface area contributed by atoms with Crippen LogP contribution < -0.4 is 10.6 Å². The van der Waals surface area contributed by atoms with E-state index in [1.807, 2.05) is 0 Å².